The molecule has 0 heterocycles. The van der Waals surface area contributed by atoms with E-state index in [1.165, 1.54) is 49.7 Å². The molecule has 0 aliphatic carbocycles. The molecule has 4 nitrogen and oxygen atoms in total. The maximum Gasteiger partial charge on any atom is 0.361 e. The molecule has 0 amide bonds. The van der Waals surface area contributed by atoms with Crippen LogP contribution in [0.2, 0.25) is 0 Å². The van der Waals surface area contributed by atoms with Crippen molar-refractivity contribution in [2.45, 2.75) is 58.4 Å². The van der Waals surface area contributed by atoms with E-state index >= 15 is 0 Å². The van der Waals surface area contributed by atoms with Gasteiger partial charge in [-0.1, -0.05) is 81.5 Å². The fraction of sp³-hybridized carbons (Fsp3) is 0.519. The van der Waals surface area contributed by atoms with E-state index in [4.69, 9.17) is 9.47 Å². The van der Waals surface area contributed by atoms with Crippen LogP contribution in [0.15, 0.2) is 54.6 Å². The van der Waals surface area contributed by atoms with Crippen LogP contribution in [0.1, 0.15) is 56.6 Å². The molecule has 0 fully saturated rings. The van der Waals surface area contributed by atoms with Gasteiger partial charge in [0.05, 0.1) is 14.1 Å². The van der Waals surface area contributed by atoms with E-state index in [1.54, 1.807) is 0 Å². The van der Waals surface area contributed by atoms with Crippen molar-refractivity contribution in [3.63, 3.8) is 0 Å². The van der Waals surface area contributed by atoms with Crippen molar-refractivity contribution >= 4 is 5.97 Å². The predicted molar refractivity (Wildman–Crippen MR) is 127 cm³/mol. The number of ether oxygens (including phenoxy) is 2. The van der Waals surface area contributed by atoms with E-state index in [1.807, 2.05) is 44.4 Å². The molecular formula is C27H40NO3+. The van der Waals surface area contributed by atoms with E-state index < -0.39 is 0 Å². The number of esters is 1. The highest BCUT2D eigenvalue weighted by atomic mass is 16.6. The van der Waals surface area contributed by atoms with Gasteiger partial charge in [-0.2, -0.15) is 0 Å². The molecule has 2 aromatic carbocycles. The van der Waals surface area contributed by atoms with Gasteiger partial charge in [0.15, 0.2) is 6.54 Å². The van der Waals surface area contributed by atoms with Crippen LogP contribution in [0, 0.1) is 0 Å². The average molecular weight is 427 g/mol. The molecule has 0 bridgehead atoms. The molecule has 0 radical (unpaired) electrons. The maximum absolute atomic E-state index is 12.2. The summed E-state index contributed by atoms with van der Waals surface area (Å²) < 4.78 is 11.8. The van der Waals surface area contributed by atoms with Gasteiger partial charge in [0, 0.05) is 5.56 Å². The summed E-state index contributed by atoms with van der Waals surface area (Å²) in [5.74, 6) is 0.654. The number of quaternary nitrogens is 1. The second-order valence-corrected chi connectivity index (χ2v) is 8.97. The Kier molecular flexibility index (Phi) is 11.2. The van der Waals surface area contributed by atoms with Crippen molar-refractivity contribution < 1.29 is 18.8 Å². The van der Waals surface area contributed by atoms with E-state index in [0.717, 1.165) is 18.7 Å². The lowest BCUT2D eigenvalue weighted by atomic mass is 10.0. The fourth-order valence-corrected chi connectivity index (χ4v) is 3.74. The lowest BCUT2D eigenvalue weighted by Crippen LogP contribution is -2.43. The molecule has 0 aromatic heterocycles. The molecule has 0 spiro atoms. The van der Waals surface area contributed by atoms with Crippen LogP contribution in [-0.2, 0) is 22.5 Å². The quantitative estimate of drug-likeness (QED) is 0.205. The van der Waals surface area contributed by atoms with Crippen LogP contribution < -0.4 is 4.74 Å². The SMILES string of the molecule is CCCCCCCCc1cccc(OCCOC(=O)C[N+](C)(C)Cc2ccccc2)c1. The van der Waals surface area contributed by atoms with Crippen LogP contribution >= 0.6 is 0 Å². The van der Waals surface area contributed by atoms with Crippen molar-refractivity contribution in [2.24, 2.45) is 0 Å². The van der Waals surface area contributed by atoms with E-state index in [0.29, 0.717) is 17.6 Å². The zero-order chi connectivity index (χ0) is 22.4. The highest BCUT2D eigenvalue weighted by Gasteiger charge is 2.21. The van der Waals surface area contributed by atoms with Gasteiger partial charge in [0.2, 0.25) is 0 Å². The van der Waals surface area contributed by atoms with Crippen molar-refractivity contribution in [1.29, 1.82) is 0 Å². The molecule has 0 saturated carbocycles. The van der Waals surface area contributed by atoms with Gasteiger partial charge in [-0.15, -0.1) is 0 Å². The van der Waals surface area contributed by atoms with Gasteiger partial charge in [-0.05, 0) is 30.5 Å². The van der Waals surface area contributed by atoms with Crippen LogP contribution in [0.5, 0.6) is 5.75 Å². The monoisotopic (exact) mass is 426 g/mol. The van der Waals surface area contributed by atoms with Crippen LogP contribution in [0.25, 0.3) is 0 Å². The molecule has 31 heavy (non-hydrogen) atoms. The predicted octanol–water partition coefficient (Wildman–Crippen LogP) is 5.79. The maximum atomic E-state index is 12.2. The number of carbonyl (C=O) groups excluding carboxylic acids is 1. The number of nitrogens with zero attached hydrogens (tertiary/aromatic N) is 1. The van der Waals surface area contributed by atoms with E-state index in [2.05, 4.69) is 31.2 Å². The van der Waals surface area contributed by atoms with Gasteiger partial charge < -0.3 is 14.0 Å². The molecule has 2 aromatic rings. The van der Waals surface area contributed by atoms with Gasteiger partial charge in [-0.3, -0.25) is 0 Å². The number of carbonyl (C=O) groups is 1. The minimum atomic E-state index is -0.193. The molecule has 0 saturated heterocycles. The lowest BCUT2D eigenvalue weighted by molar-refractivity contribution is -0.896. The highest BCUT2D eigenvalue weighted by Crippen LogP contribution is 2.16. The number of hydrogen-bond donors (Lipinski definition) is 0. The average Bonchev–Trinajstić information content (AvgIpc) is 2.74. The largest absolute Gasteiger partial charge is 0.490 e. The molecule has 4 heteroatoms. The molecule has 0 N–H and O–H groups in total. The number of likely N-dealkylation sites (N-methyl/N-ethyl adjacent to an activating group) is 1. The Morgan fingerprint density at radius 3 is 2.32 bits per heavy atom. The van der Waals surface area contributed by atoms with Gasteiger partial charge in [0.1, 0.15) is 25.5 Å². The van der Waals surface area contributed by atoms with Crippen LogP contribution in [0.4, 0.5) is 0 Å². The van der Waals surface area contributed by atoms with Gasteiger partial charge >= 0.3 is 5.97 Å². The Morgan fingerprint density at radius 2 is 1.55 bits per heavy atom. The third kappa shape index (κ3) is 11.0. The molecule has 0 aliphatic heterocycles. The smallest absolute Gasteiger partial charge is 0.361 e. The molecule has 170 valence electrons. The number of hydrogen-bond acceptors (Lipinski definition) is 3. The standard InChI is InChI=1S/C27H40NO3/c1-4-5-6-7-8-10-14-24-17-13-18-26(21-24)30-19-20-31-27(29)23-28(2,3)22-25-15-11-9-12-16-25/h9,11-13,15-18,21H,4-8,10,14,19-20,22-23H2,1-3H3/q+1. The summed E-state index contributed by atoms with van der Waals surface area (Å²) in [5, 5.41) is 0. The summed E-state index contributed by atoms with van der Waals surface area (Å²) in [6, 6.07) is 18.5. The lowest BCUT2D eigenvalue weighted by Gasteiger charge is -2.28. The number of unbranched alkanes of at least 4 members (excludes halogenated alkanes) is 5. The summed E-state index contributed by atoms with van der Waals surface area (Å²) >= 11 is 0. The van der Waals surface area contributed by atoms with Crippen LogP contribution in [0.3, 0.4) is 0 Å². The second kappa shape index (κ2) is 13.9. The molecular weight excluding hydrogens is 386 g/mol. The molecule has 0 atom stereocenters. The summed E-state index contributed by atoms with van der Waals surface area (Å²) in [6.45, 7) is 4.02. The minimum Gasteiger partial charge on any atom is -0.490 e. The molecule has 0 aliphatic rings. The zero-order valence-electron chi connectivity index (χ0n) is 19.6. The van der Waals surface area contributed by atoms with Crippen molar-refractivity contribution in [3.05, 3.63) is 65.7 Å². The van der Waals surface area contributed by atoms with E-state index in [9.17, 15) is 4.79 Å². The Bertz CT molecular complexity index is 758. The first kappa shape index (κ1) is 24.9. The fourth-order valence-electron chi connectivity index (χ4n) is 3.74. The first-order valence-corrected chi connectivity index (χ1v) is 11.7. The van der Waals surface area contributed by atoms with Crippen molar-refractivity contribution in [2.75, 3.05) is 33.9 Å². The normalized spacial score (nSPS) is 11.3. The zero-order valence-corrected chi connectivity index (χ0v) is 19.6. The summed E-state index contributed by atoms with van der Waals surface area (Å²) in [5.41, 5.74) is 2.52. The third-order valence-corrected chi connectivity index (χ3v) is 5.34. The van der Waals surface area contributed by atoms with Crippen molar-refractivity contribution in [3.8, 4) is 5.75 Å². The first-order valence-electron chi connectivity index (χ1n) is 11.7. The Labute approximate surface area is 188 Å². The highest BCUT2D eigenvalue weighted by molar-refractivity contribution is 5.70. The van der Waals surface area contributed by atoms with Gasteiger partial charge in [-0.25, -0.2) is 4.79 Å². The summed E-state index contributed by atoms with van der Waals surface area (Å²) in [4.78, 5) is 12.2. The third-order valence-electron chi connectivity index (χ3n) is 5.34. The summed E-state index contributed by atoms with van der Waals surface area (Å²) in [6.07, 6.45) is 8.92. The minimum absolute atomic E-state index is 0.193. The van der Waals surface area contributed by atoms with Crippen LogP contribution in [-0.4, -0.2) is 44.3 Å². The first-order chi connectivity index (χ1) is 15.0. The topological polar surface area (TPSA) is 35.5 Å². The Balaban J connectivity index is 1.63. The van der Waals surface area contributed by atoms with E-state index in [-0.39, 0.29) is 12.6 Å². The second-order valence-electron chi connectivity index (χ2n) is 8.97. The number of benzene rings is 2. The number of aryl methyl sites for hydroxylation is 1. The Morgan fingerprint density at radius 1 is 0.839 bits per heavy atom. The Hall–Kier alpha value is -2.33. The molecule has 0 unspecified atom stereocenters. The van der Waals surface area contributed by atoms with Gasteiger partial charge in [0.25, 0.3) is 0 Å². The van der Waals surface area contributed by atoms with Crippen molar-refractivity contribution in [1.82, 2.24) is 0 Å². The number of rotatable bonds is 15. The molecule has 2 rings (SSSR count). The summed E-state index contributed by atoms with van der Waals surface area (Å²) in [7, 11) is 4.08.